The van der Waals surface area contributed by atoms with Crippen LogP contribution in [0, 0.1) is 25.6 Å². The van der Waals surface area contributed by atoms with E-state index in [0.29, 0.717) is 24.6 Å². The number of halogens is 1. The summed E-state index contributed by atoms with van der Waals surface area (Å²) < 4.78 is 19.2. The minimum absolute atomic E-state index is 0.0363. The van der Waals surface area contributed by atoms with Gasteiger partial charge in [0.15, 0.2) is 0 Å². The Bertz CT molecular complexity index is 1360. The third-order valence-electron chi connectivity index (χ3n) is 6.44. The summed E-state index contributed by atoms with van der Waals surface area (Å²) in [4.78, 5) is 24.5. The van der Waals surface area contributed by atoms with Crippen molar-refractivity contribution < 1.29 is 13.9 Å². The highest BCUT2D eigenvalue weighted by Crippen LogP contribution is 2.35. The van der Waals surface area contributed by atoms with Crippen LogP contribution in [0.2, 0.25) is 0 Å². The van der Waals surface area contributed by atoms with E-state index in [9.17, 15) is 9.18 Å². The second kappa shape index (κ2) is 9.22. The molecule has 0 spiro atoms. The molecule has 34 heavy (non-hydrogen) atoms. The molecular formula is C27H28FN3O2S. The number of carbonyl (C=O) groups is 1. The lowest BCUT2D eigenvalue weighted by Gasteiger charge is -2.22. The predicted molar refractivity (Wildman–Crippen MR) is 134 cm³/mol. The minimum Gasteiger partial charge on any atom is -0.496 e. The van der Waals surface area contributed by atoms with Gasteiger partial charge < -0.3 is 14.6 Å². The van der Waals surface area contributed by atoms with Crippen molar-refractivity contribution in [3.63, 3.8) is 0 Å². The van der Waals surface area contributed by atoms with Crippen molar-refractivity contribution in [2.45, 2.75) is 33.1 Å². The van der Waals surface area contributed by atoms with E-state index in [-0.39, 0.29) is 11.7 Å². The van der Waals surface area contributed by atoms with Crippen LogP contribution >= 0.6 is 11.3 Å². The van der Waals surface area contributed by atoms with Crippen molar-refractivity contribution in [3.8, 4) is 16.2 Å². The molecule has 1 aliphatic carbocycles. The molecule has 7 heteroatoms. The Balaban J connectivity index is 1.42. The Morgan fingerprint density at radius 3 is 2.79 bits per heavy atom. The molecule has 0 atom stereocenters. The van der Waals surface area contributed by atoms with Gasteiger partial charge in [-0.15, -0.1) is 11.3 Å². The van der Waals surface area contributed by atoms with Gasteiger partial charge >= 0.3 is 0 Å². The van der Waals surface area contributed by atoms with Crippen molar-refractivity contribution >= 4 is 28.1 Å². The molecule has 176 valence electrons. The predicted octanol–water partition coefficient (Wildman–Crippen LogP) is 6.15. The number of rotatable bonds is 8. The first-order valence-corrected chi connectivity index (χ1v) is 12.4. The van der Waals surface area contributed by atoms with E-state index in [4.69, 9.17) is 4.74 Å². The molecule has 2 aromatic heterocycles. The van der Waals surface area contributed by atoms with E-state index in [1.807, 2.05) is 43.1 Å². The standard InChI is InChI=1S/C27H28FN3O2S/c1-16-12-19(6-9-24(16)33-3)26-25(30-17(2)34-26)27(32)31(15-18-4-5-18)11-10-20-14-29-23-8-7-21(28)13-22(20)23/h6-9,12-14,18,29H,4-5,10-11,15H2,1-3H3. The zero-order valence-electron chi connectivity index (χ0n) is 19.7. The lowest BCUT2D eigenvalue weighted by Crippen LogP contribution is -2.35. The number of nitrogens with zero attached hydrogens (tertiary/aromatic N) is 2. The van der Waals surface area contributed by atoms with Gasteiger partial charge in [-0.1, -0.05) is 0 Å². The number of fused-ring (bicyclic) bond motifs is 1. The molecule has 1 fully saturated rings. The zero-order chi connectivity index (χ0) is 23.8. The van der Waals surface area contributed by atoms with Gasteiger partial charge in [0.05, 0.1) is 17.0 Å². The Kier molecular flexibility index (Phi) is 6.13. The van der Waals surface area contributed by atoms with Crippen LogP contribution in [-0.4, -0.2) is 41.0 Å². The van der Waals surface area contributed by atoms with Gasteiger partial charge in [-0.05, 0) is 92.1 Å². The molecule has 5 nitrogen and oxygen atoms in total. The second-order valence-corrected chi connectivity index (χ2v) is 10.2. The molecule has 0 aliphatic heterocycles. The Labute approximate surface area is 202 Å². The highest BCUT2D eigenvalue weighted by atomic mass is 32.1. The van der Waals surface area contributed by atoms with Crippen molar-refractivity contribution in [2.75, 3.05) is 20.2 Å². The molecule has 0 saturated heterocycles. The molecule has 2 aromatic carbocycles. The van der Waals surface area contributed by atoms with Crippen LogP contribution in [-0.2, 0) is 6.42 Å². The molecule has 0 radical (unpaired) electrons. The molecule has 4 aromatic rings. The number of aryl methyl sites for hydroxylation is 2. The maximum absolute atomic E-state index is 13.8. The van der Waals surface area contributed by atoms with Gasteiger partial charge in [0.2, 0.25) is 0 Å². The maximum atomic E-state index is 13.8. The van der Waals surface area contributed by atoms with Crippen LogP contribution in [0.15, 0.2) is 42.6 Å². The van der Waals surface area contributed by atoms with Crippen molar-refractivity contribution in [3.05, 3.63) is 70.2 Å². The fourth-order valence-corrected chi connectivity index (χ4v) is 5.34. The number of benzene rings is 2. The lowest BCUT2D eigenvalue weighted by molar-refractivity contribution is 0.0745. The van der Waals surface area contributed by atoms with Gasteiger partial charge in [0, 0.05) is 30.2 Å². The minimum atomic E-state index is -0.253. The summed E-state index contributed by atoms with van der Waals surface area (Å²) in [6.45, 7) is 5.23. The van der Waals surface area contributed by atoms with Gasteiger partial charge in [0.1, 0.15) is 17.3 Å². The van der Waals surface area contributed by atoms with E-state index in [2.05, 4.69) is 9.97 Å². The number of thiazole rings is 1. The summed E-state index contributed by atoms with van der Waals surface area (Å²) in [6, 6.07) is 10.7. The smallest absolute Gasteiger partial charge is 0.274 e. The molecule has 5 rings (SSSR count). The molecule has 1 saturated carbocycles. The molecule has 1 aliphatic rings. The van der Waals surface area contributed by atoms with Crippen LogP contribution in [0.1, 0.15) is 39.5 Å². The zero-order valence-corrected chi connectivity index (χ0v) is 20.5. The highest BCUT2D eigenvalue weighted by molar-refractivity contribution is 7.15. The number of methoxy groups -OCH3 is 1. The number of H-pyrrole nitrogens is 1. The third kappa shape index (κ3) is 4.57. The molecule has 2 heterocycles. The van der Waals surface area contributed by atoms with Crippen molar-refractivity contribution in [1.82, 2.24) is 14.9 Å². The summed E-state index contributed by atoms with van der Waals surface area (Å²) in [5.74, 6) is 1.08. The average molecular weight is 478 g/mol. The first-order valence-electron chi connectivity index (χ1n) is 11.6. The third-order valence-corrected chi connectivity index (χ3v) is 7.46. The fraction of sp³-hybridized carbons (Fsp3) is 0.333. The monoisotopic (exact) mass is 477 g/mol. The number of nitrogens with one attached hydrogen (secondary N) is 1. The molecule has 1 N–H and O–H groups in total. The summed E-state index contributed by atoms with van der Waals surface area (Å²) in [5, 5.41) is 1.74. The number of aromatic amines is 1. The van der Waals surface area contributed by atoms with Crippen LogP contribution in [0.25, 0.3) is 21.3 Å². The molecular weight excluding hydrogens is 449 g/mol. The first-order chi connectivity index (χ1) is 16.4. The van der Waals surface area contributed by atoms with Crippen LogP contribution in [0.5, 0.6) is 5.75 Å². The number of ether oxygens (including phenoxy) is 1. The van der Waals surface area contributed by atoms with Crippen LogP contribution in [0.3, 0.4) is 0 Å². The largest absolute Gasteiger partial charge is 0.496 e. The van der Waals surface area contributed by atoms with Gasteiger partial charge in [-0.25, -0.2) is 9.37 Å². The fourth-order valence-electron chi connectivity index (χ4n) is 4.44. The quantitative estimate of drug-likeness (QED) is 0.331. The number of hydrogen-bond acceptors (Lipinski definition) is 4. The lowest BCUT2D eigenvalue weighted by atomic mass is 10.1. The van der Waals surface area contributed by atoms with Crippen molar-refractivity contribution in [2.24, 2.45) is 5.92 Å². The Morgan fingerprint density at radius 2 is 2.06 bits per heavy atom. The molecule has 0 bridgehead atoms. The Hall–Kier alpha value is -3.19. The van der Waals surface area contributed by atoms with Crippen LogP contribution < -0.4 is 4.74 Å². The van der Waals surface area contributed by atoms with E-state index in [1.54, 1.807) is 30.6 Å². The summed E-state index contributed by atoms with van der Waals surface area (Å²) in [5.41, 5.74) is 4.43. The van der Waals surface area contributed by atoms with E-state index >= 15 is 0 Å². The van der Waals surface area contributed by atoms with Crippen LogP contribution in [0.4, 0.5) is 4.39 Å². The number of hydrogen-bond donors (Lipinski definition) is 1. The van der Waals surface area contributed by atoms with E-state index in [0.717, 1.165) is 62.6 Å². The van der Waals surface area contributed by atoms with Gasteiger partial charge in [0.25, 0.3) is 5.91 Å². The van der Waals surface area contributed by atoms with Crippen molar-refractivity contribution in [1.29, 1.82) is 0 Å². The summed E-state index contributed by atoms with van der Waals surface area (Å²) in [6.07, 6.45) is 4.88. The summed E-state index contributed by atoms with van der Waals surface area (Å²) >= 11 is 1.54. The highest BCUT2D eigenvalue weighted by Gasteiger charge is 2.30. The normalized spacial score (nSPS) is 13.4. The Morgan fingerprint density at radius 1 is 1.24 bits per heavy atom. The number of amides is 1. The van der Waals surface area contributed by atoms with E-state index < -0.39 is 0 Å². The number of aromatic nitrogens is 2. The molecule has 0 unspecified atom stereocenters. The van der Waals surface area contributed by atoms with Gasteiger partial charge in [-0.2, -0.15) is 0 Å². The van der Waals surface area contributed by atoms with Gasteiger partial charge in [-0.3, -0.25) is 4.79 Å². The first kappa shape index (κ1) is 22.6. The van der Waals surface area contributed by atoms with E-state index in [1.165, 1.54) is 6.07 Å². The maximum Gasteiger partial charge on any atom is 0.274 e. The topological polar surface area (TPSA) is 58.2 Å². The average Bonchev–Trinajstić information content (AvgIpc) is 3.43. The molecule has 1 amide bonds. The second-order valence-electron chi connectivity index (χ2n) is 9.04. The summed E-state index contributed by atoms with van der Waals surface area (Å²) in [7, 11) is 1.66. The SMILES string of the molecule is COc1ccc(-c2sc(C)nc2C(=O)N(CCc2c[nH]c3ccc(F)cc23)CC2CC2)cc1C. The number of carbonyl (C=O) groups excluding carboxylic acids is 1.